The first-order valence-electron chi connectivity index (χ1n) is 12.5. The molecule has 4 rings (SSSR count). The molecule has 3 aromatic rings. The third-order valence-corrected chi connectivity index (χ3v) is 8.50. The number of piperazine rings is 1. The molecule has 11 nitrogen and oxygen atoms in total. The van der Waals surface area contributed by atoms with Gasteiger partial charge >= 0.3 is 5.97 Å². The van der Waals surface area contributed by atoms with E-state index in [4.69, 9.17) is 9.47 Å². The van der Waals surface area contributed by atoms with E-state index in [1.54, 1.807) is 54.6 Å². The zero-order chi connectivity index (χ0) is 28.7. The summed E-state index contributed by atoms with van der Waals surface area (Å²) in [4.78, 5) is 44.9. The lowest BCUT2D eigenvalue weighted by Crippen LogP contribution is -2.62. The van der Waals surface area contributed by atoms with E-state index in [-0.39, 0.29) is 36.9 Å². The third-order valence-electron chi connectivity index (χ3n) is 6.58. The monoisotopic (exact) mass is 566 g/mol. The van der Waals surface area contributed by atoms with Crippen molar-refractivity contribution in [2.75, 3.05) is 33.9 Å². The van der Waals surface area contributed by atoms with Crippen LogP contribution in [0.25, 0.3) is 0 Å². The summed E-state index contributed by atoms with van der Waals surface area (Å²) in [5, 5.41) is 2.67. The van der Waals surface area contributed by atoms with E-state index in [0.29, 0.717) is 11.3 Å². The van der Waals surface area contributed by atoms with E-state index >= 15 is 0 Å². The first-order valence-corrected chi connectivity index (χ1v) is 14.0. The second kappa shape index (κ2) is 12.7. The number of ether oxygens (including phenoxy) is 2. The molecule has 2 aromatic carbocycles. The Balaban J connectivity index is 1.62. The van der Waals surface area contributed by atoms with Crippen LogP contribution in [0.15, 0.2) is 84.0 Å². The zero-order valence-corrected chi connectivity index (χ0v) is 22.9. The maximum absolute atomic E-state index is 13.7. The molecule has 2 unspecified atom stereocenters. The van der Waals surface area contributed by atoms with Crippen LogP contribution < -0.4 is 10.1 Å². The van der Waals surface area contributed by atoms with E-state index in [1.165, 1.54) is 43.6 Å². The van der Waals surface area contributed by atoms with Gasteiger partial charge in [-0.2, -0.15) is 4.31 Å². The molecule has 0 bridgehead atoms. The highest BCUT2D eigenvalue weighted by atomic mass is 32.2. The Morgan fingerprint density at radius 3 is 2.35 bits per heavy atom. The topological polar surface area (TPSA) is 135 Å². The van der Waals surface area contributed by atoms with Crippen molar-refractivity contribution in [3.05, 3.63) is 90.3 Å². The smallest absolute Gasteiger partial charge is 0.328 e. The number of pyridine rings is 1. The van der Waals surface area contributed by atoms with Crippen LogP contribution in [0.4, 0.5) is 0 Å². The van der Waals surface area contributed by atoms with Crippen molar-refractivity contribution >= 4 is 27.8 Å². The molecule has 40 heavy (non-hydrogen) atoms. The molecular formula is C28H30N4O7S. The molecule has 0 saturated carbocycles. The molecule has 0 spiro atoms. The number of esters is 1. The number of hydrogen-bond donors (Lipinski definition) is 1. The predicted octanol–water partition coefficient (Wildman–Crippen LogP) is 1.51. The zero-order valence-electron chi connectivity index (χ0n) is 22.1. The van der Waals surface area contributed by atoms with Crippen LogP contribution in [0, 0.1) is 0 Å². The maximum atomic E-state index is 13.7. The van der Waals surface area contributed by atoms with Gasteiger partial charge in [0.1, 0.15) is 17.8 Å². The lowest BCUT2D eigenvalue weighted by atomic mass is 10.0. The predicted molar refractivity (Wildman–Crippen MR) is 145 cm³/mol. The molecule has 1 N–H and O–H groups in total. The summed E-state index contributed by atoms with van der Waals surface area (Å²) in [6.45, 7) is -0.277. The van der Waals surface area contributed by atoms with Gasteiger partial charge in [-0.3, -0.25) is 14.6 Å². The molecular weight excluding hydrogens is 536 g/mol. The lowest BCUT2D eigenvalue weighted by molar-refractivity contribution is -0.145. The Morgan fingerprint density at radius 1 is 1.00 bits per heavy atom. The first kappa shape index (κ1) is 28.7. The molecule has 0 radical (unpaired) electrons. The summed E-state index contributed by atoms with van der Waals surface area (Å²) >= 11 is 0. The van der Waals surface area contributed by atoms with Crippen molar-refractivity contribution in [3.63, 3.8) is 0 Å². The summed E-state index contributed by atoms with van der Waals surface area (Å²) in [5.74, 6) is -1.18. The number of hydrogen-bond acceptors (Lipinski definition) is 8. The fourth-order valence-corrected chi connectivity index (χ4v) is 6.04. The van der Waals surface area contributed by atoms with Gasteiger partial charge < -0.3 is 19.7 Å². The molecule has 1 saturated heterocycles. The number of carbonyl (C=O) groups is 3. The molecule has 2 heterocycles. The van der Waals surface area contributed by atoms with Crippen molar-refractivity contribution in [1.82, 2.24) is 19.5 Å². The lowest BCUT2D eigenvalue weighted by Gasteiger charge is -2.40. The molecule has 2 amide bonds. The van der Waals surface area contributed by atoms with Crippen LogP contribution in [0.2, 0.25) is 0 Å². The number of benzene rings is 2. The van der Waals surface area contributed by atoms with Crippen molar-refractivity contribution in [2.24, 2.45) is 0 Å². The Kier molecular flexibility index (Phi) is 9.12. The van der Waals surface area contributed by atoms with Crippen LogP contribution in [0.3, 0.4) is 0 Å². The number of amides is 2. The van der Waals surface area contributed by atoms with Crippen LogP contribution in [-0.4, -0.2) is 86.3 Å². The molecule has 1 aromatic heterocycles. The highest BCUT2D eigenvalue weighted by Crippen LogP contribution is 2.23. The van der Waals surface area contributed by atoms with E-state index in [2.05, 4.69) is 10.3 Å². The van der Waals surface area contributed by atoms with Gasteiger partial charge in [0.2, 0.25) is 15.9 Å². The molecule has 1 aliphatic rings. The Hall–Kier alpha value is -4.29. The second-order valence-electron chi connectivity index (χ2n) is 9.07. The van der Waals surface area contributed by atoms with Gasteiger partial charge in [-0.05, 0) is 42.0 Å². The van der Waals surface area contributed by atoms with Crippen molar-refractivity contribution in [3.8, 4) is 5.75 Å². The number of nitrogens with zero attached hydrogens (tertiary/aromatic N) is 3. The van der Waals surface area contributed by atoms with Gasteiger partial charge in [-0.1, -0.05) is 30.3 Å². The molecule has 2 atom stereocenters. The summed E-state index contributed by atoms with van der Waals surface area (Å²) in [5.41, 5.74) is 1.04. The Labute approximate surface area is 232 Å². The SMILES string of the molecule is COC(=O)C(Cc1ccc(OC)cc1)NC(=O)C1CN(C(=O)c2cccnc2)CCN1S(=O)(=O)c1ccccc1. The number of carbonyl (C=O) groups excluding carboxylic acids is 3. The number of aromatic nitrogens is 1. The van der Waals surface area contributed by atoms with Crippen LogP contribution in [0.1, 0.15) is 15.9 Å². The minimum absolute atomic E-state index is 0.0163. The summed E-state index contributed by atoms with van der Waals surface area (Å²) in [7, 11) is -1.37. The fourth-order valence-electron chi connectivity index (χ4n) is 4.45. The van der Waals surface area contributed by atoms with Gasteiger partial charge in [-0.15, -0.1) is 0 Å². The Bertz CT molecular complexity index is 1430. The summed E-state index contributed by atoms with van der Waals surface area (Å²) < 4.78 is 38.4. The van der Waals surface area contributed by atoms with Gasteiger partial charge in [0.25, 0.3) is 5.91 Å². The summed E-state index contributed by atoms with van der Waals surface area (Å²) in [6, 6.07) is 15.5. The van der Waals surface area contributed by atoms with E-state index in [1.807, 2.05) is 0 Å². The highest BCUT2D eigenvalue weighted by Gasteiger charge is 2.42. The second-order valence-corrected chi connectivity index (χ2v) is 11.0. The number of rotatable bonds is 9. The minimum Gasteiger partial charge on any atom is -0.497 e. The highest BCUT2D eigenvalue weighted by molar-refractivity contribution is 7.89. The average molecular weight is 567 g/mol. The normalized spacial score (nSPS) is 16.6. The first-order chi connectivity index (χ1) is 19.2. The fraction of sp³-hybridized carbons (Fsp3) is 0.286. The van der Waals surface area contributed by atoms with Crippen LogP contribution in [0.5, 0.6) is 5.75 Å². The minimum atomic E-state index is -4.11. The standard InChI is InChI=1S/C28H30N4O7S/c1-38-22-12-10-20(11-13-22)17-24(28(35)39-2)30-26(33)25-19-31(27(34)21-7-6-14-29-18-21)15-16-32(25)40(36,37)23-8-4-3-5-9-23/h3-14,18,24-25H,15-17,19H2,1-2H3,(H,30,33). The maximum Gasteiger partial charge on any atom is 0.328 e. The van der Waals surface area contributed by atoms with Crippen molar-refractivity contribution in [1.29, 1.82) is 0 Å². The Morgan fingerprint density at radius 2 is 1.73 bits per heavy atom. The van der Waals surface area contributed by atoms with Crippen molar-refractivity contribution in [2.45, 2.75) is 23.4 Å². The van der Waals surface area contributed by atoms with E-state index < -0.39 is 34.0 Å². The van der Waals surface area contributed by atoms with Gasteiger partial charge in [0, 0.05) is 38.4 Å². The van der Waals surface area contributed by atoms with Gasteiger partial charge in [0.15, 0.2) is 0 Å². The van der Waals surface area contributed by atoms with Gasteiger partial charge in [-0.25, -0.2) is 13.2 Å². The molecule has 1 aliphatic heterocycles. The van der Waals surface area contributed by atoms with Crippen molar-refractivity contribution < 1.29 is 32.3 Å². The van der Waals surface area contributed by atoms with Gasteiger partial charge in [0.05, 0.1) is 24.7 Å². The number of sulfonamides is 1. The molecule has 1 fully saturated rings. The number of methoxy groups -OCH3 is 2. The van der Waals surface area contributed by atoms with E-state index in [9.17, 15) is 22.8 Å². The molecule has 0 aliphatic carbocycles. The van der Waals surface area contributed by atoms with Crippen LogP contribution >= 0.6 is 0 Å². The van der Waals surface area contributed by atoms with Crippen LogP contribution in [-0.2, 0) is 30.8 Å². The summed E-state index contributed by atoms with van der Waals surface area (Å²) in [6.07, 6.45) is 3.04. The quantitative estimate of drug-likeness (QED) is 0.385. The third kappa shape index (κ3) is 6.46. The molecule has 12 heteroatoms. The van der Waals surface area contributed by atoms with E-state index in [0.717, 1.165) is 9.87 Å². The number of nitrogens with one attached hydrogen (secondary N) is 1. The average Bonchev–Trinajstić information content (AvgIpc) is 3.00. The molecule has 210 valence electrons. The largest absolute Gasteiger partial charge is 0.497 e.